The van der Waals surface area contributed by atoms with E-state index in [-0.39, 0.29) is 22.3 Å². The topological polar surface area (TPSA) is 85.1 Å². The maximum atomic E-state index is 12.1. The van der Waals surface area contributed by atoms with Gasteiger partial charge in [-0.05, 0) is 23.8 Å². The molecule has 3 N–H and O–H groups in total. The second-order valence-electron chi connectivity index (χ2n) is 3.99. The van der Waals surface area contributed by atoms with Crippen molar-refractivity contribution < 1.29 is 8.42 Å². The SMILES string of the molecule is Nc1ncc(S(=O)(=O)NCc2ccc(Br)cc2)cc1Cl. The largest absolute Gasteiger partial charge is 0.382 e. The molecule has 1 aromatic heterocycles. The van der Waals surface area contributed by atoms with Gasteiger partial charge in [-0.3, -0.25) is 0 Å². The van der Waals surface area contributed by atoms with Crippen molar-refractivity contribution in [1.29, 1.82) is 0 Å². The fourth-order valence-electron chi connectivity index (χ4n) is 1.44. The van der Waals surface area contributed by atoms with Crippen molar-refractivity contribution in [1.82, 2.24) is 9.71 Å². The van der Waals surface area contributed by atoms with Gasteiger partial charge in [0.2, 0.25) is 10.0 Å². The van der Waals surface area contributed by atoms with Gasteiger partial charge in [0, 0.05) is 17.2 Å². The minimum atomic E-state index is -3.67. The molecule has 0 spiro atoms. The highest BCUT2D eigenvalue weighted by atomic mass is 79.9. The van der Waals surface area contributed by atoms with Crippen molar-refractivity contribution in [2.45, 2.75) is 11.4 Å². The molecule has 20 heavy (non-hydrogen) atoms. The summed E-state index contributed by atoms with van der Waals surface area (Å²) in [5.41, 5.74) is 6.29. The van der Waals surface area contributed by atoms with Gasteiger partial charge >= 0.3 is 0 Å². The summed E-state index contributed by atoms with van der Waals surface area (Å²) in [4.78, 5) is 3.71. The monoisotopic (exact) mass is 375 g/mol. The quantitative estimate of drug-likeness (QED) is 0.859. The van der Waals surface area contributed by atoms with Gasteiger partial charge in [-0.25, -0.2) is 18.1 Å². The second-order valence-corrected chi connectivity index (χ2v) is 7.08. The Bertz CT molecular complexity index is 720. The molecule has 1 heterocycles. The zero-order valence-corrected chi connectivity index (χ0v) is 13.3. The summed E-state index contributed by atoms with van der Waals surface area (Å²) in [6.45, 7) is 0.178. The molecule has 0 aliphatic heterocycles. The zero-order valence-electron chi connectivity index (χ0n) is 10.2. The number of anilines is 1. The van der Waals surface area contributed by atoms with Crippen molar-refractivity contribution in [2.24, 2.45) is 0 Å². The number of nitrogens with one attached hydrogen (secondary N) is 1. The van der Waals surface area contributed by atoms with Crippen molar-refractivity contribution in [3.05, 3.63) is 51.6 Å². The highest BCUT2D eigenvalue weighted by Gasteiger charge is 2.15. The molecule has 0 unspecified atom stereocenters. The summed E-state index contributed by atoms with van der Waals surface area (Å²) in [5, 5.41) is 0.108. The van der Waals surface area contributed by atoms with Gasteiger partial charge in [0.1, 0.15) is 10.7 Å². The standard InChI is InChI=1S/C12H11BrClN3O2S/c13-9-3-1-8(2-4-9)6-17-20(18,19)10-5-11(14)12(15)16-7-10/h1-5,7,17H,6H2,(H2,15,16). The summed E-state index contributed by atoms with van der Waals surface area (Å²) >= 11 is 9.08. The van der Waals surface area contributed by atoms with Gasteiger partial charge in [0.15, 0.2) is 0 Å². The third-order valence-electron chi connectivity index (χ3n) is 2.53. The Morgan fingerprint density at radius 1 is 1.30 bits per heavy atom. The third kappa shape index (κ3) is 3.69. The van der Waals surface area contributed by atoms with Crippen LogP contribution in [0.2, 0.25) is 5.02 Å². The van der Waals surface area contributed by atoms with Crippen molar-refractivity contribution in [2.75, 3.05) is 5.73 Å². The first-order valence-electron chi connectivity index (χ1n) is 5.53. The predicted octanol–water partition coefficient (Wildman–Crippen LogP) is 2.56. The summed E-state index contributed by atoms with van der Waals surface area (Å²) < 4.78 is 27.6. The molecule has 0 radical (unpaired) electrons. The first-order chi connectivity index (χ1) is 9.38. The van der Waals surface area contributed by atoms with E-state index in [0.29, 0.717) is 0 Å². The van der Waals surface area contributed by atoms with Crippen LogP contribution in [0.1, 0.15) is 5.56 Å². The fraction of sp³-hybridized carbons (Fsp3) is 0.0833. The number of nitrogens with two attached hydrogens (primary N) is 1. The Morgan fingerprint density at radius 3 is 2.55 bits per heavy atom. The van der Waals surface area contributed by atoms with Gasteiger partial charge in [-0.15, -0.1) is 0 Å². The Morgan fingerprint density at radius 2 is 1.95 bits per heavy atom. The van der Waals surface area contributed by atoms with Gasteiger partial charge in [-0.1, -0.05) is 39.7 Å². The minimum Gasteiger partial charge on any atom is -0.382 e. The molecule has 0 aliphatic rings. The number of hydrogen-bond donors (Lipinski definition) is 2. The molecule has 8 heteroatoms. The van der Waals surface area contributed by atoms with Crippen LogP contribution in [0.15, 0.2) is 45.9 Å². The molecule has 0 saturated carbocycles. The maximum Gasteiger partial charge on any atom is 0.242 e. The molecule has 106 valence electrons. The molecular weight excluding hydrogens is 366 g/mol. The van der Waals surface area contributed by atoms with E-state index in [2.05, 4.69) is 25.6 Å². The van der Waals surface area contributed by atoms with E-state index in [1.807, 2.05) is 24.3 Å². The van der Waals surface area contributed by atoms with Crippen LogP contribution in [0.25, 0.3) is 0 Å². The number of sulfonamides is 1. The van der Waals surface area contributed by atoms with Crippen LogP contribution in [0, 0.1) is 0 Å². The van der Waals surface area contributed by atoms with Gasteiger partial charge in [0.05, 0.1) is 5.02 Å². The minimum absolute atomic E-state index is 0.0196. The molecular formula is C12H11BrClN3O2S. The Hall–Kier alpha value is -1.15. The normalized spacial score (nSPS) is 11.5. The number of benzene rings is 1. The molecule has 0 bridgehead atoms. The molecule has 5 nitrogen and oxygen atoms in total. The summed E-state index contributed by atoms with van der Waals surface area (Å²) in [5.74, 6) is 0.0959. The van der Waals surface area contributed by atoms with Crippen molar-refractivity contribution in [3.8, 4) is 0 Å². The predicted molar refractivity (Wildman–Crippen MR) is 81.8 cm³/mol. The van der Waals surface area contributed by atoms with E-state index in [4.69, 9.17) is 17.3 Å². The molecule has 0 aliphatic carbocycles. The highest BCUT2D eigenvalue weighted by Crippen LogP contribution is 2.20. The lowest BCUT2D eigenvalue weighted by Crippen LogP contribution is -2.23. The first kappa shape index (κ1) is 15.2. The highest BCUT2D eigenvalue weighted by molar-refractivity contribution is 9.10. The summed E-state index contributed by atoms with van der Waals surface area (Å²) in [6, 6.07) is 8.59. The number of aromatic nitrogens is 1. The van der Waals surface area contributed by atoms with Gasteiger partial charge in [0.25, 0.3) is 0 Å². The number of nitrogens with zero attached hydrogens (tertiary/aromatic N) is 1. The average molecular weight is 377 g/mol. The molecule has 0 atom stereocenters. The molecule has 1 aromatic carbocycles. The lowest BCUT2D eigenvalue weighted by molar-refractivity contribution is 0.581. The molecule has 0 fully saturated rings. The van der Waals surface area contributed by atoms with E-state index >= 15 is 0 Å². The Labute approximate surface area is 130 Å². The van der Waals surface area contributed by atoms with E-state index in [0.717, 1.165) is 10.0 Å². The smallest absolute Gasteiger partial charge is 0.242 e. The van der Waals surface area contributed by atoms with Gasteiger partial charge in [-0.2, -0.15) is 0 Å². The van der Waals surface area contributed by atoms with Crippen molar-refractivity contribution >= 4 is 43.4 Å². The van der Waals surface area contributed by atoms with E-state index in [1.54, 1.807) is 0 Å². The van der Waals surface area contributed by atoms with E-state index in [1.165, 1.54) is 12.3 Å². The lowest BCUT2D eigenvalue weighted by Gasteiger charge is -2.07. The maximum absolute atomic E-state index is 12.1. The fourth-order valence-corrected chi connectivity index (χ4v) is 2.93. The molecule has 2 rings (SSSR count). The zero-order chi connectivity index (χ0) is 14.8. The average Bonchev–Trinajstić information content (AvgIpc) is 2.41. The lowest BCUT2D eigenvalue weighted by atomic mass is 10.2. The molecule has 0 saturated heterocycles. The Balaban J connectivity index is 2.14. The number of pyridine rings is 1. The van der Waals surface area contributed by atoms with Crippen LogP contribution in [0.3, 0.4) is 0 Å². The van der Waals surface area contributed by atoms with Crippen LogP contribution in [0.4, 0.5) is 5.82 Å². The van der Waals surface area contributed by atoms with E-state index in [9.17, 15) is 8.42 Å². The number of halogens is 2. The third-order valence-corrected chi connectivity index (χ3v) is 4.73. The van der Waals surface area contributed by atoms with Crippen molar-refractivity contribution in [3.63, 3.8) is 0 Å². The van der Waals surface area contributed by atoms with Crippen LogP contribution in [-0.4, -0.2) is 13.4 Å². The first-order valence-corrected chi connectivity index (χ1v) is 8.19. The molecule has 0 amide bonds. The van der Waals surface area contributed by atoms with Crippen LogP contribution < -0.4 is 10.5 Å². The summed E-state index contributed by atoms with van der Waals surface area (Å²) in [7, 11) is -3.67. The van der Waals surface area contributed by atoms with E-state index < -0.39 is 10.0 Å². The summed E-state index contributed by atoms with van der Waals surface area (Å²) in [6.07, 6.45) is 1.17. The Kier molecular flexibility index (Phi) is 4.64. The second kappa shape index (κ2) is 6.09. The number of rotatable bonds is 4. The number of nitrogen functional groups attached to an aromatic ring is 1. The van der Waals surface area contributed by atoms with Crippen LogP contribution in [-0.2, 0) is 16.6 Å². The number of hydrogen-bond acceptors (Lipinski definition) is 4. The van der Waals surface area contributed by atoms with Crippen LogP contribution in [0.5, 0.6) is 0 Å². The molecule has 2 aromatic rings. The van der Waals surface area contributed by atoms with Gasteiger partial charge < -0.3 is 5.73 Å². The van der Waals surface area contributed by atoms with Crippen LogP contribution >= 0.6 is 27.5 Å².